The Morgan fingerprint density at radius 2 is 0.889 bits per heavy atom. The Balaban J connectivity index is 1.76. The van der Waals surface area contributed by atoms with Crippen LogP contribution < -0.4 is 5.32 Å². The Hall–Kier alpha value is -6.38. The highest BCUT2D eigenvalue weighted by atomic mass is 16.8. The van der Waals surface area contributed by atoms with Gasteiger partial charge in [0.05, 0.1) is 37.3 Å². The van der Waals surface area contributed by atoms with E-state index in [4.69, 9.17) is 71.1 Å². The molecule has 3 fully saturated rings. The van der Waals surface area contributed by atoms with Gasteiger partial charge in [0, 0.05) is 41.5 Å². The molecule has 3 aliphatic rings. The first kappa shape index (κ1) is 65.4. The summed E-state index contributed by atoms with van der Waals surface area (Å²) in [6, 6.07) is 16.5. The van der Waals surface area contributed by atoms with Crippen molar-refractivity contribution in [2.24, 2.45) is 10.8 Å². The van der Waals surface area contributed by atoms with E-state index in [2.05, 4.69) is 11.9 Å². The second-order valence-corrected chi connectivity index (χ2v) is 21.5. The molecule has 1 amide bonds. The first-order valence-electron chi connectivity index (χ1n) is 26.4. The standard InChI is InChI=1S/C57H77NO23/c1-14-25-68-52-49(75-35(6)63)48(45(73-33(4)61)40(78-52)29-70-54(65)56(8,9)10)81-51-42(58-31(2)59)46(43(69-27-38-23-19-16-20-24-38)39(77-51)28-67-26-37-21-17-15-18-22-37)80-53-50(76-36(7)64)47(74-34(5)62)44(72-32(3)60)41(79-53)30-71-55(66)57(11,12)13/h14-24,39-53H,1,25-30H2,2-13H3,(H,58,59)/t39-,40-,41-,42-,43-,44+,45+,46-,47+,48+,49-,50-,51+,52-,53+/m1/s1. The van der Waals surface area contributed by atoms with Gasteiger partial charge in [0.15, 0.2) is 49.4 Å². The summed E-state index contributed by atoms with van der Waals surface area (Å²) in [5.74, 6) is -6.52. The van der Waals surface area contributed by atoms with E-state index in [-0.39, 0.29) is 26.4 Å². The van der Waals surface area contributed by atoms with Crippen molar-refractivity contribution >= 4 is 47.7 Å². The molecule has 2 aromatic carbocycles. The lowest BCUT2D eigenvalue weighted by atomic mass is 9.93. The molecular formula is C57H77NO23. The number of hydrogen-bond acceptors (Lipinski definition) is 23. The van der Waals surface area contributed by atoms with Crippen LogP contribution in [0.4, 0.5) is 0 Å². The molecule has 0 aliphatic carbocycles. The fraction of sp³-hybridized carbons (Fsp3) is 0.614. The zero-order valence-electron chi connectivity index (χ0n) is 47.9. The molecule has 0 unspecified atom stereocenters. The van der Waals surface area contributed by atoms with Crippen molar-refractivity contribution in [1.29, 1.82) is 0 Å². The minimum absolute atomic E-state index is 0.0371. The molecule has 3 heterocycles. The van der Waals surface area contributed by atoms with E-state index in [1.807, 2.05) is 30.3 Å². The van der Waals surface area contributed by atoms with Crippen LogP contribution in [0.2, 0.25) is 0 Å². The molecule has 5 rings (SSSR count). The van der Waals surface area contributed by atoms with Crippen molar-refractivity contribution in [3.05, 3.63) is 84.4 Å². The molecule has 1 N–H and O–H groups in total. The quantitative estimate of drug-likeness (QED) is 0.0872. The molecule has 15 atom stereocenters. The topological polar surface area (TPSA) is 287 Å². The van der Waals surface area contributed by atoms with Crippen molar-refractivity contribution < 1.29 is 109 Å². The Kier molecular flexibility index (Phi) is 24.3. The monoisotopic (exact) mass is 1140 g/mol. The number of carbonyl (C=O) groups excluding carboxylic acids is 8. The molecule has 0 saturated carbocycles. The molecule has 24 nitrogen and oxygen atoms in total. The Morgan fingerprint density at radius 1 is 0.481 bits per heavy atom. The zero-order chi connectivity index (χ0) is 59.8. The minimum Gasteiger partial charge on any atom is -0.462 e. The van der Waals surface area contributed by atoms with Crippen molar-refractivity contribution in [2.75, 3.05) is 26.4 Å². The van der Waals surface area contributed by atoms with Crippen LogP contribution in [0.15, 0.2) is 73.3 Å². The van der Waals surface area contributed by atoms with E-state index in [1.165, 1.54) is 13.0 Å². The smallest absolute Gasteiger partial charge is 0.311 e. The maximum Gasteiger partial charge on any atom is 0.311 e. The van der Waals surface area contributed by atoms with Gasteiger partial charge in [-0.1, -0.05) is 66.7 Å². The lowest BCUT2D eigenvalue weighted by molar-refractivity contribution is -0.370. The fourth-order valence-electron chi connectivity index (χ4n) is 8.81. The van der Waals surface area contributed by atoms with Crippen molar-refractivity contribution in [1.82, 2.24) is 5.32 Å². The van der Waals surface area contributed by atoms with Gasteiger partial charge in [-0.3, -0.25) is 38.4 Å². The molecule has 448 valence electrons. The van der Waals surface area contributed by atoms with E-state index in [0.29, 0.717) is 5.56 Å². The fourth-order valence-corrected chi connectivity index (χ4v) is 8.81. The van der Waals surface area contributed by atoms with E-state index >= 15 is 0 Å². The molecule has 2 aromatic rings. The third-order valence-electron chi connectivity index (χ3n) is 12.3. The van der Waals surface area contributed by atoms with Gasteiger partial charge in [0.25, 0.3) is 0 Å². The van der Waals surface area contributed by atoms with Crippen LogP contribution in [0.1, 0.15) is 94.2 Å². The van der Waals surface area contributed by atoms with Gasteiger partial charge in [-0.25, -0.2) is 0 Å². The normalized spacial score (nSPS) is 28.5. The summed E-state index contributed by atoms with van der Waals surface area (Å²) < 4.78 is 93.2. The number of amides is 1. The number of carbonyl (C=O) groups is 8. The van der Waals surface area contributed by atoms with Crippen LogP contribution in [0.5, 0.6) is 0 Å². The number of hydrogen-bond donors (Lipinski definition) is 1. The average molecular weight is 1140 g/mol. The van der Waals surface area contributed by atoms with Crippen molar-refractivity contribution in [3.8, 4) is 0 Å². The molecular weight excluding hydrogens is 1070 g/mol. The minimum atomic E-state index is -1.89. The van der Waals surface area contributed by atoms with Crippen LogP contribution >= 0.6 is 0 Å². The SMILES string of the molecule is C=CCO[C@@H]1O[C@H](COC(=O)C(C)(C)C)[C@H](OC(C)=O)[C@H](O[C@@H]2O[C@H](COCc3ccccc3)[C@@H](OCc3ccccc3)[C@H](O[C@@H]3O[C@H](COC(=O)C(C)(C)C)[C@H](OC(C)=O)[C@H](OC(C)=O)[C@H]3OC(C)=O)[C@H]2NC(C)=O)[C@H]1OC(C)=O. The summed E-state index contributed by atoms with van der Waals surface area (Å²) in [6.07, 6.45) is -20.9. The van der Waals surface area contributed by atoms with Crippen LogP contribution in [0, 0.1) is 10.8 Å². The Bertz CT molecular complexity index is 2440. The van der Waals surface area contributed by atoms with Gasteiger partial charge in [-0.05, 0) is 52.7 Å². The number of rotatable bonds is 24. The third kappa shape index (κ3) is 19.7. The average Bonchev–Trinajstić information content (AvgIpc) is 3.56. The van der Waals surface area contributed by atoms with Crippen molar-refractivity contribution in [3.63, 3.8) is 0 Å². The lowest BCUT2D eigenvalue weighted by Crippen LogP contribution is -2.71. The van der Waals surface area contributed by atoms with Crippen LogP contribution in [0.3, 0.4) is 0 Å². The molecule has 3 aliphatic heterocycles. The van der Waals surface area contributed by atoms with Gasteiger partial charge in [-0.15, -0.1) is 6.58 Å². The summed E-state index contributed by atoms with van der Waals surface area (Å²) in [5.41, 5.74) is -0.604. The number of ether oxygens (including phenoxy) is 15. The maximum atomic E-state index is 13.7. The lowest BCUT2D eigenvalue weighted by Gasteiger charge is -2.51. The maximum absolute atomic E-state index is 13.7. The van der Waals surface area contributed by atoms with Gasteiger partial charge in [0.1, 0.15) is 55.9 Å². The van der Waals surface area contributed by atoms with E-state index < -0.39 is 164 Å². The summed E-state index contributed by atoms with van der Waals surface area (Å²) in [7, 11) is 0. The first-order chi connectivity index (χ1) is 38.2. The molecule has 81 heavy (non-hydrogen) atoms. The second kappa shape index (κ2) is 30.1. The highest BCUT2D eigenvalue weighted by molar-refractivity contribution is 5.76. The molecule has 24 heteroatoms. The number of benzene rings is 2. The Labute approximate surface area is 471 Å². The zero-order valence-corrected chi connectivity index (χ0v) is 47.9. The van der Waals surface area contributed by atoms with Gasteiger partial charge in [-0.2, -0.15) is 0 Å². The number of esters is 7. The Morgan fingerprint density at radius 3 is 1.36 bits per heavy atom. The van der Waals surface area contributed by atoms with Crippen LogP contribution in [0.25, 0.3) is 0 Å². The van der Waals surface area contributed by atoms with Gasteiger partial charge < -0.3 is 76.4 Å². The predicted molar refractivity (Wildman–Crippen MR) is 279 cm³/mol. The van der Waals surface area contributed by atoms with Gasteiger partial charge >= 0.3 is 41.8 Å². The molecule has 0 bridgehead atoms. The summed E-state index contributed by atoms with van der Waals surface area (Å²) in [6.45, 7) is 18.2. The third-order valence-corrected chi connectivity index (χ3v) is 12.3. The first-order valence-corrected chi connectivity index (χ1v) is 26.4. The summed E-state index contributed by atoms with van der Waals surface area (Å²) in [5, 5.41) is 2.84. The molecule has 0 aromatic heterocycles. The van der Waals surface area contributed by atoms with Gasteiger partial charge in [0.2, 0.25) is 5.91 Å². The summed E-state index contributed by atoms with van der Waals surface area (Å²) >= 11 is 0. The van der Waals surface area contributed by atoms with Crippen LogP contribution in [-0.2, 0) is 123 Å². The highest BCUT2D eigenvalue weighted by Gasteiger charge is 2.59. The van der Waals surface area contributed by atoms with E-state index in [0.717, 1.165) is 40.2 Å². The highest BCUT2D eigenvalue weighted by Crippen LogP contribution is 2.38. The number of nitrogens with one attached hydrogen (secondary N) is 1. The molecule has 0 radical (unpaired) electrons. The van der Waals surface area contributed by atoms with E-state index in [1.54, 1.807) is 71.9 Å². The van der Waals surface area contributed by atoms with Crippen molar-refractivity contribution in [2.45, 2.75) is 188 Å². The second-order valence-electron chi connectivity index (χ2n) is 21.5. The molecule has 0 spiro atoms. The predicted octanol–water partition coefficient (Wildman–Crippen LogP) is 4.28. The summed E-state index contributed by atoms with van der Waals surface area (Å²) in [4.78, 5) is 105. The van der Waals surface area contributed by atoms with E-state index in [9.17, 15) is 38.4 Å². The largest absolute Gasteiger partial charge is 0.462 e. The molecule has 3 saturated heterocycles. The van der Waals surface area contributed by atoms with Crippen LogP contribution in [-0.4, -0.2) is 166 Å².